The highest BCUT2D eigenvalue weighted by Gasteiger charge is 2.21. The number of carbonyl (C=O) groups is 1. The van der Waals surface area contributed by atoms with Crippen molar-refractivity contribution in [3.8, 4) is 0 Å². The van der Waals surface area contributed by atoms with Crippen LogP contribution in [-0.4, -0.2) is 15.9 Å². The lowest BCUT2D eigenvalue weighted by Gasteiger charge is -2.02. The van der Waals surface area contributed by atoms with E-state index in [1.165, 1.54) is 0 Å². The number of Topliss-reactive ketones (excluding diaryl/α,β-unsaturated/α-hetero) is 1. The molecule has 0 radical (unpaired) electrons. The van der Waals surface area contributed by atoms with Gasteiger partial charge in [-0.1, -0.05) is 25.9 Å². The van der Waals surface area contributed by atoms with Crippen molar-refractivity contribution in [2.75, 3.05) is 0 Å². The van der Waals surface area contributed by atoms with E-state index in [0.717, 1.165) is 6.42 Å². The first-order valence-corrected chi connectivity index (χ1v) is 5.46. The average molecular weight is 210 g/mol. The number of rotatable bonds is 5. The molecule has 0 aliphatic carbocycles. The second-order valence-corrected chi connectivity index (χ2v) is 3.84. The Morgan fingerprint density at radius 1 is 1.40 bits per heavy atom. The molecular weight excluding hydrogens is 192 g/mol. The van der Waals surface area contributed by atoms with Crippen molar-refractivity contribution < 1.29 is 9.32 Å². The van der Waals surface area contributed by atoms with E-state index in [0.29, 0.717) is 18.1 Å². The third kappa shape index (κ3) is 2.64. The Kier molecular flexibility index (Phi) is 4.00. The minimum absolute atomic E-state index is 0.134. The van der Waals surface area contributed by atoms with Crippen molar-refractivity contribution in [2.24, 2.45) is 0 Å². The molecule has 84 valence electrons. The third-order valence-electron chi connectivity index (χ3n) is 2.71. The summed E-state index contributed by atoms with van der Waals surface area (Å²) in [6, 6.07) is 0. The molecule has 4 heteroatoms. The van der Waals surface area contributed by atoms with E-state index in [1.807, 2.05) is 13.8 Å². The Bertz CT molecular complexity index is 333. The van der Waals surface area contributed by atoms with Gasteiger partial charge in [-0.3, -0.25) is 4.79 Å². The van der Waals surface area contributed by atoms with E-state index < -0.39 is 0 Å². The van der Waals surface area contributed by atoms with E-state index in [1.54, 1.807) is 6.92 Å². The van der Waals surface area contributed by atoms with Crippen LogP contribution in [0, 0.1) is 0 Å². The van der Waals surface area contributed by atoms with Gasteiger partial charge in [-0.15, -0.1) is 0 Å². The fraction of sp³-hybridized carbons (Fsp3) is 0.727. The number of carbonyl (C=O) groups excluding carboxylic acids is 1. The summed E-state index contributed by atoms with van der Waals surface area (Å²) in [5.74, 6) is 1.28. The van der Waals surface area contributed by atoms with Gasteiger partial charge in [-0.2, -0.15) is 4.98 Å². The lowest BCUT2D eigenvalue weighted by Crippen LogP contribution is -2.08. The standard InChI is InChI=1S/C11H18N2O2/c1-5-7(3)10-12-11(15-13-10)8(4)9(14)6-2/h7-8H,5-6H2,1-4H3. The van der Waals surface area contributed by atoms with Gasteiger partial charge in [0.25, 0.3) is 0 Å². The van der Waals surface area contributed by atoms with Crippen molar-refractivity contribution in [3.63, 3.8) is 0 Å². The highest BCUT2D eigenvalue weighted by molar-refractivity contribution is 5.83. The third-order valence-corrected chi connectivity index (χ3v) is 2.71. The molecule has 0 aromatic carbocycles. The number of ketones is 1. The Hall–Kier alpha value is -1.19. The maximum Gasteiger partial charge on any atom is 0.236 e. The summed E-state index contributed by atoms with van der Waals surface area (Å²) in [4.78, 5) is 15.7. The molecule has 2 unspecified atom stereocenters. The smallest absolute Gasteiger partial charge is 0.236 e. The van der Waals surface area contributed by atoms with Crippen LogP contribution in [-0.2, 0) is 4.79 Å². The molecule has 0 saturated heterocycles. The zero-order chi connectivity index (χ0) is 11.4. The molecule has 2 atom stereocenters. The van der Waals surface area contributed by atoms with Crippen molar-refractivity contribution in [1.29, 1.82) is 0 Å². The van der Waals surface area contributed by atoms with Crippen molar-refractivity contribution in [1.82, 2.24) is 10.1 Å². The van der Waals surface area contributed by atoms with Crippen LogP contribution in [0.2, 0.25) is 0 Å². The molecule has 0 bridgehead atoms. The summed E-state index contributed by atoms with van der Waals surface area (Å²) in [5.41, 5.74) is 0. The second-order valence-electron chi connectivity index (χ2n) is 3.84. The van der Waals surface area contributed by atoms with Gasteiger partial charge in [0.2, 0.25) is 5.89 Å². The second kappa shape index (κ2) is 5.05. The summed E-state index contributed by atoms with van der Waals surface area (Å²) >= 11 is 0. The molecule has 4 nitrogen and oxygen atoms in total. The van der Waals surface area contributed by atoms with Crippen LogP contribution in [0.4, 0.5) is 0 Å². The van der Waals surface area contributed by atoms with Crippen LogP contribution in [0.3, 0.4) is 0 Å². The van der Waals surface area contributed by atoms with E-state index in [-0.39, 0.29) is 17.6 Å². The monoisotopic (exact) mass is 210 g/mol. The first-order chi connectivity index (χ1) is 7.10. The highest BCUT2D eigenvalue weighted by Crippen LogP contribution is 2.20. The fourth-order valence-electron chi connectivity index (χ4n) is 1.25. The molecule has 0 fully saturated rings. The molecular formula is C11H18N2O2. The van der Waals surface area contributed by atoms with E-state index in [4.69, 9.17) is 4.52 Å². The predicted octanol–water partition coefficient (Wildman–Crippen LogP) is 2.67. The molecule has 1 aromatic rings. The zero-order valence-electron chi connectivity index (χ0n) is 9.78. The molecule has 0 aliphatic rings. The molecule has 1 aromatic heterocycles. The van der Waals surface area contributed by atoms with Gasteiger partial charge in [0.05, 0.1) is 5.92 Å². The van der Waals surface area contributed by atoms with E-state index in [9.17, 15) is 4.79 Å². The molecule has 1 rings (SSSR count). The summed E-state index contributed by atoms with van der Waals surface area (Å²) in [7, 11) is 0. The molecule has 1 heterocycles. The van der Waals surface area contributed by atoms with E-state index >= 15 is 0 Å². The molecule has 15 heavy (non-hydrogen) atoms. The number of hydrogen-bond acceptors (Lipinski definition) is 4. The first kappa shape index (κ1) is 11.9. The molecule has 0 N–H and O–H groups in total. The lowest BCUT2D eigenvalue weighted by molar-refractivity contribution is -0.120. The Morgan fingerprint density at radius 3 is 2.60 bits per heavy atom. The van der Waals surface area contributed by atoms with Crippen LogP contribution >= 0.6 is 0 Å². The number of nitrogens with zero attached hydrogens (tertiary/aromatic N) is 2. The predicted molar refractivity (Wildman–Crippen MR) is 56.7 cm³/mol. The summed E-state index contributed by atoms with van der Waals surface area (Å²) in [6.45, 7) is 7.76. The van der Waals surface area contributed by atoms with Gasteiger partial charge in [0.1, 0.15) is 5.78 Å². The molecule has 0 spiro atoms. The molecule has 0 aliphatic heterocycles. The highest BCUT2D eigenvalue weighted by atomic mass is 16.5. The van der Waals surface area contributed by atoms with Crippen molar-refractivity contribution >= 4 is 5.78 Å². The van der Waals surface area contributed by atoms with Gasteiger partial charge in [0.15, 0.2) is 5.82 Å². The van der Waals surface area contributed by atoms with Gasteiger partial charge in [-0.25, -0.2) is 0 Å². The molecule has 0 amide bonds. The van der Waals surface area contributed by atoms with Gasteiger partial charge in [-0.05, 0) is 13.3 Å². The quantitative estimate of drug-likeness (QED) is 0.749. The zero-order valence-corrected chi connectivity index (χ0v) is 9.78. The minimum atomic E-state index is -0.277. The maximum atomic E-state index is 11.4. The van der Waals surface area contributed by atoms with Crippen LogP contribution in [0.15, 0.2) is 4.52 Å². The van der Waals surface area contributed by atoms with Crippen LogP contribution in [0.25, 0.3) is 0 Å². The van der Waals surface area contributed by atoms with Crippen molar-refractivity contribution in [3.05, 3.63) is 11.7 Å². The lowest BCUT2D eigenvalue weighted by atomic mass is 10.0. The minimum Gasteiger partial charge on any atom is -0.339 e. The number of hydrogen-bond donors (Lipinski definition) is 0. The first-order valence-electron chi connectivity index (χ1n) is 5.46. The van der Waals surface area contributed by atoms with E-state index in [2.05, 4.69) is 17.1 Å². The largest absolute Gasteiger partial charge is 0.339 e. The molecule has 0 saturated carbocycles. The Balaban J connectivity index is 2.79. The SMILES string of the molecule is CCC(=O)C(C)c1nc(C(C)CC)no1. The summed E-state index contributed by atoms with van der Waals surface area (Å²) in [5, 5.41) is 3.89. The average Bonchev–Trinajstić information content (AvgIpc) is 2.75. The maximum absolute atomic E-state index is 11.4. The Labute approximate surface area is 90.1 Å². The van der Waals surface area contributed by atoms with Gasteiger partial charge < -0.3 is 4.52 Å². The summed E-state index contributed by atoms with van der Waals surface area (Å²) < 4.78 is 5.09. The van der Waals surface area contributed by atoms with Crippen molar-refractivity contribution in [2.45, 2.75) is 52.4 Å². The fourth-order valence-corrected chi connectivity index (χ4v) is 1.25. The Morgan fingerprint density at radius 2 is 2.07 bits per heavy atom. The van der Waals surface area contributed by atoms with Crippen LogP contribution in [0.1, 0.15) is 64.1 Å². The van der Waals surface area contributed by atoms with Gasteiger partial charge in [0, 0.05) is 12.3 Å². The van der Waals surface area contributed by atoms with Gasteiger partial charge >= 0.3 is 0 Å². The summed E-state index contributed by atoms with van der Waals surface area (Å²) in [6.07, 6.45) is 1.47. The van der Waals surface area contributed by atoms with Crippen LogP contribution < -0.4 is 0 Å². The topological polar surface area (TPSA) is 56.0 Å². The normalized spacial score (nSPS) is 14.9. The van der Waals surface area contributed by atoms with Crippen LogP contribution in [0.5, 0.6) is 0 Å². The number of aromatic nitrogens is 2.